The average Bonchev–Trinajstić information content (AvgIpc) is 2.57. The largest absolute Gasteiger partial charge is 0.338 e. The second kappa shape index (κ2) is 8.42. The van der Waals surface area contributed by atoms with Gasteiger partial charge in [-0.3, -0.25) is 0 Å². The van der Waals surface area contributed by atoms with E-state index in [0.717, 1.165) is 38.9 Å². The highest BCUT2D eigenvalue weighted by Gasteiger charge is 2.19. The molecule has 0 unspecified atom stereocenters. The summed E-state index contributed by atoms with van der Waals surface area (Å²) in [6.07, 6.45) is 9.24. The minimum absolute atomic E-state index is 0.0579. The summed E-state index contributed by atoms with van der Waals surface area (Å²) in [6.45, 7) is 6.34. The zero-order chi connectivity index (χ0) is 15.8. The van der Waals surface area contributed by atoms with Gasteiger partial charge in [-0.1, -0.05) is 48.1 Å². The van der Waals surface area contributed by atoms with Crippen LogP contribution >= 0.6 is 0 Å². The number of hydrogen-bond donors (Lipinski definition) is 1. The minimum atomic E-state index is 0.0579. The van der Waals surface area contributed by atoms with E-state index in [9.17, 15) is 4.79 Å². The number of nitrogens with zero attached hydrogens (tertiary/aromatic N) is 1. The van der Waals surface area contributed by atoms with Gasteiger partial charge in [-0.05, 0) is 44.2 Å². The van der Waals surface area contributed by atoms with Crippen LogP contribution in [-0.4, -0.2) is 24.0 Å². The van der Waals surface area contributed by atoms with Crippen LogP contribution in [0.15, 0.2) is 48.1 Å². The topological polar surface area (TPSA) is 32.3 Å². The van der Waals surface area contributed by atoms with Crippen LogP contribution in [0.25, 0.3) is 0 Å². The van der Waals surface area contributed by atoms with Crippen molar-refractivity contribution in [1.82, 2.24) is 10.2 Å². The van der Waals surface area contributed by atoms with Crippen LogP contribution in [0.5, 0.6) is 0 Å². The van der Waals surface area contributed by atoms with Gasteiger partial charge in [0.2, 0.25) is 0 Å². The highest BCUT2D eigenvalue weighted by molar-refractivity contribution is 5.74. The van der Waals surface area contributed by atoms with Crippen LogP contribution in [0.4, 0.5) is 4.79 Å². The molecular formula is C19H26N2O. The smallest absolute Gasteiger partial charge is 0.317 e. The molecule has 3 nitrogen and oxygen atoms in total. The molecule has 0 atom stereocenters. The van der Waals surface area contributed by atoms with Crippen LogP contribution in [0.1, 0.15) is 37.8 Å². The number of rotatable bonds is 5. The highest BCUT2D eigenvalue weighted by Crippen LogP contribution is 2.18. The minimum Gasteiger partial charge on any atom is -0.338 e. The van der Waals surface area contributed by atoms with Crippen molar-refractivity contribution in [2.24, 2.45) is 0 Å². The molecule has 0 aromatic heterocycles. The first-order valence-corrected chi connectivity index (χ1v) is 8.12. The lowest BCUT2D eigenvalue weighted by Crippen LogP contribution is -2.43. The second-order valence-electron chi connectivity index (χ2n) is 5.64. The highest BCUT2D eigenvalue weighted by atomic mass is 16.2. The predicted molar refractivity (Wildman–Crippen MR) is 91.8 cm³/mol. The average molecular weight is 298 g/mol. The van der Waals surface area contributed by atoms with E-state index in [1.165, 1.54) is 16.7 Å². The van der Waals surface area contributed by atoms with Crippen LogP contribution in [-0.2, 0) is 13.0 Å². The number of fused-ring (bicyclic) bond motifs is 1. The van der Waals surface area contributed by atoms with Crippen molar-refractivity contribution in [3.63, 3.8) is 0 Å². The Kier molecular flexibility index (Phi) is 6.26. The normalized spacial score (nSPS) is 15.0. The molecule has 1 aliphatic rings. The van der Waals surface area contributed by atoms with Crippen LogP contribution in [0, 0.1) is 0 Å². The monoisotopic (exact) mass is 298 g/mol. The summed E-state index contributed by atoms with van der Waals surface area (Å²) >= 11 is 0. The maximum absolute atomic E-state index is 12.2. The van der Waals surface area contributed by atoms with Crippen molar-refractivity contribution in [1.29, 1.82) is 0 Å². The van der Waals surface area contributed by atoms with Crippen LogP contribution < -0.4 is 5.32 Å². The van der Waals surface area contributed by atoms with Gasteiger partial charge in [0.15, 0.2) is 0 Å². The Morgan fingerprint density at radius 1 is 1.27 bits per heavy atom. The Hall–Kier alpha value is -2.03. The van der Waals surface area contributed by atoms with Gasteiger partial charge in [0.1, 0.15) is 0 Å². The summed E-state index contributed by atoms with van der Waals surface area (Å²) < 4.78 is 0. The third-order valence-electron chi connectivity index (χ3n) is 4.09. The van der Waals surface area contributed by atoms with Gasteiger partial charge in [0.25, 0.3) is 0 Å². The first-order chi connectivity index (χ1) is 10.7. The molecule has 3 heteroatoms. The molecule has 0 spiro atoms. The Bertz CT molecular complexity index is 560. The fourth-order valence-electron chi connectivity index (χ4n) is 2.81. The standard InChI is InChI=1S/C19H26N2O/c1-3-8-16(4-2)9-7-13-20-19(22)21-14-12-17-10-5-6-11-18(17)15-21/h3-6,8,10-11H,7,9,12-15H2,1-2H3,(H,20,22)/b8-3-,16-4+. The molecular weight excluding hydrogens is 272 g/mol. The molecule has 1 aromatic carbocycles. The lowest BCUT2D eigenvalue weighted by atomic mass is 10.0. The number of benzene rings is 1. The number of nitrogens with one attached hydrogen (secondary N) is 1. The maximum Gasteiger partial charge on any atom is 0.317 e. The lowest BCUT2D eigenvalue weighted by molar-refractivity contribution is 0.192. The van der Waals surface area contributed by atoms with Crippen LogP contribution in [0.2, 0.25) is 0 Å². The Balaban J connectivity index is 1.75. The summed E-state index contributed by atoms with van der Waals surface area (Å²) in [5.41, 5.74) is 3.97. The van der Waals surface area contributed by atoms with Crippen molar-refractivity contribution in [3.05, 3.63) is 59.2 Å². The van der Waals surface area contributed by atoms with E-state index < -0.39 is 0 Å². The summed E-state index contributed by atoms with van der Waals surface area (Å²) in [6, 6.07) is 8.44. The fraction of sp³-hybridized carbons (Fsp3) is 0.421. The first kappa shape index (κ1) is 16.3. The summed E-state index contributed by atoms with van der Waals surface area (Å²) in [5.74, 6) is 0. The SMILES string of the molecule is C/C=C\C(=C/C)CCCNC(=O)N1CCc2ccccc2C1. The molecule has 2 rings (SSSR count). The van der Waals surface area contributed by atoms with Crippen molar-refractivity contribution < 1.29 is 4.79 Å². The van der Waals surface area contributed by atoms with Gasteiger partial charge in [-0.25, -0.2) is 4.79 Å². The van der Waals surface area contributed by atoms with Crippen molar-refractivity contribution in [2.45, 2.75) is 39.7 Å². The van der Waals surface area contributed by atoms with E-state index in [1.54, 1.807) is 0 Å². The molecule has 0 bridgehead atoms. The molecule has 0 fully saturated rings. The number of carbonyl (C=O) groups is 1. The van der Waals surface area contributed by atoms with Gasteiger partial charge >= 0.3 is 6.03 Å². The molecule has 0 saturated heterocycles. The Morgan fingerprint density at radius 2 is 2.05 bits per heavy atom. The van der Waals surface area contributed by atoms with Crippen LogP contribution in [0.3, 0.4) is 0 Å². The zero-order valence-corrected chi connectivity index (χ0v) is 13.6. The quantitative estimate of drug-likeness (QED) is 0.645. The number of urea groups is 1. The Labute approximate surface area is 133 Å². The van der Waals surface area contributed by atoms with Gasteiger partial charge in [-0.15, -0.1) is 0 Å². The van der Waals surface area contributed by atoms with Gasteiger partial charge in [0, 0.05) is 19.6 Å². The van der Waals surface area contributed by atoms with E-state index >= 15 is 0 Å². The van der Waals surface area contributed by atoms with Crippen molar-refractivity contribution in [3.8, 4) is 0 Å². The molecule has 1 aliphatic heterocycles. The van der Waals surface area contributed by atoms with E-state index in [4.69, 9.17) is 0 Å². The lowest BCUT2D eigenvalue weighted by Gasteiger charge is -2.29. The Morgan fingerprint density at radius 3 is 2.77 bits per heavy atom. The fourth-order valence-corrected chi connectivity index (χ4v) is 2.81. The first-order valence-electron chi connectivity index (χ1n) is 8.12. The van der Waals surface area contributed by atoms with Gasteiger partial charge in [-0.2, -0.15) is 0 Å². The molecule has 0 saturated carbocycles. The van der Waals surface area contributed by atoms with E-state index in [1.807, 2.05) is 17.9 Å². The maximum atomic E-state index is 12.2. The molecule has 1 N–H and O–H groups in total. The number of hydrogen-bond acceptors (Lipinski definition) is 1. The van der Waals surface area contributed by atoms with E-state index in [-0.39, 0.29) is 6.03 Å². The molecule has 0 aliphatic carbocycles. The summed E-state index contributed by atoms with van der Waals surface area (Å²) in [7, 11) is 0. The molecule has 2 amide bonds. The van der Waals surface area contributed by atoms with Gasteiger partial charge < -0.3 is 10.2 Å². The van der Waals surface area contributed by atoms with E-state index in [2.05, 4.69) is 48.7 Å². The molecule has 22 heavy (non-hydrogen) atoms. The molecule has 1 aromatic rings. The van der Waals surface area contributed by atoms with E-state index in [0.29, 0.717) is 0 Å². The molecule has 0 radical (unpaired) electrons. The number of amides is 2. The third kappa shape index (κ3) is 4.48. The van der Waals surface area contributed by atoms with Crippen molar-refractivity contribution >= 4 is 6.03 Å². The number of carbonyl (C=O) groups excluding carboxylic acids is 1. The predicted octanol–water partition coefficient (Wildman–Crippen LogP) is 4.06. The van der Waals surface area contributed by atoms with Crippen molar-refractivity contribution in [2.75, 3.05) is 13.1 Å². The second-order valence-corrected chi connectivity index (χ2v) is 5.64. The molecule has 118 valence electrons. The third-order valence-corrected chi connectivity index (χ3v) is 4.09. The zero-order valence-electron chi connectivity index (χ0n) is 13.6. The summed E-state index contributed by atoms with van der Waals surface area (Å²) in [5, 5.41) is 3.04. The van der Waals surface area contributed by atoms with Gasteiger partial charge in [0.05, 0.1) is 0 Å². The number of allylic oxidation sites excluding steroid dienone is 4. The molecule has 1 heterocycles. The summed E-state index contributed by atoms with van der Waals surface area (Å²) in [4.78, 5) is 14.1.